The van der Waals surface area contributed by atoms with Crippen LogP contribution in [0.3, 0.4) is 0 Å². The van der Waals surface area contributed by atoms with E-state index in [9.17, 15) is 14.4 Å². The number of carbonyl (C=O) groups is 2. The molecule has 136 valence electrons. The molecular weight excluding hydrogens is 336 g/mol. The summed E-state index contributed by atoms with van der Waals surface area (Å²) >= 11 is 0. The van der Waals surface area contributed by atoms with Gasteiger partial charge in [-0.25, -0.2) is 9.78 Å². The first kappa shape index (κ1) is 16.6. The predicted octanol–water partition coefficient (Wildman–Crippen LogP) is 0.957. The van der Waals surface area contributed by atoms with E-state index in [4.69, 9.17) is 4.74 Å². The van der Waals surface area contributed by atoms with Gasteiger partial charge < -0.3 is 19.9 Å². The van der Waals surface area contributed by atoms with Gasteiger partial charge in [-0.1, -0.05) is 12.1 Å². The normalized spacial score (nSPS) is 22.5. The molecule has 2 aromatic rings. The fraction of sp³-hybridized carbons (Fsp3) is 0.444. The number of ether oxygens (including phenoxy) is 1. The standard InChI is InChI=1S/C18H20N4O4/c23-15(22-9-3-8-18(11-22)10-19-17(25)26-18)7-6-14-16(24)21-13-5-2-1-4-12(13)20-14/h1-2,4-5H,3,6-11H2,(H,19,25)(H,21,24). The minimum atomic E-state index is -0.607. The molecule has 8 heteroatoms. The molecule has 2 aliphatic heterocycles. The number of H-pyrrole nitrogens is 1. The first-order valence-corrected chi connectivity index (χ1v) is 8.77. The molecule has 1 spiro atoms. The second kappa shape index (κ2) is 6.44. The number of aryl methyl sites for hydroxylation is 1. The Balaban J connectivity index is 1.43. The van der Waals surface area contributed by atoms with Crippen molar-refractivity contribution in [3.63, 3.8) is 0 Å². The van der Waals surface area contributed by atoms with Crippen LogP contribution in [-0.4, -0.2) is 52.1 Å². The van der Waals surface area contributed by atoms with E-state index in [-0.39, 0.29) is 24.3 Å². The molecule has 3 heterocycles. The van der Waals surface area contributed by atoms with Crippen LogP contribution in [0.2, 0.25) is 0 Å². The molecule has 2 N–H and O–H groups in total. The third-order valence-corrected chi connectivity index (χ3v) is 5.00. The summed E-state index contributed by atoms with van der Waals surface area (Å²) < 4.78 is 5.39. The minimum absolute atomic E-state index is 0.0543. The number of aromatic nitrogens is 2. The van der Waals surface area contributed by atoms with Crippen molar-refractivity contribution in [3.05, 3.63) is 40.3 Å². The van der Waals surface area contributed by atoms with E-state index in [2.05, 4.69) is 15.3 Å². The minimum Gasteiger partial charge on any atom is -0.439 e. The molecule has 1 aromatic heterocycles. The number of rotatable bonds is 3. The lowest BCUT2D eigenvalue weighted by Crippen LogP contribution is -2.52. The maximum absolute atomic E-state index is 12.6. The Morgan fingerprint density at radius 2 is 2.15 bits per heavy atom. The van der Waals surface area contributed by atoms with Gasteiger partial charge in [0.25, 0.3) is 5.56 Å². The largest absolute Gasteiger partial charge is 0.439 e. The maximum Gasteiger partial charge on any atom is 0.407 e. The van der Waals surface area contributed by atoms with Crippen LogP contribution in [-0.2, 0) is 16.0 Å². The number of likely N-dealkylation sites (tertiary alicyclic amines) is 1. The Hall–Kier alpha value is -2.90. The van der Waals surface area contributed by atoms with Crippen molar-refractivity contribution in [2.45, 2.75) is 31.3 Å². The molecule has 2 amide bonds. The Kier molecular flexibility index (Phi) is 4.10. The van der Waals surface area contributed by atoms with E-state index < -0.39 is 11.7 Å². The molecule has 0 radical (unpaired) electrons. The number of hydrogen-bond acceptors (Lipinski definition) is 5. The van der Waals surface area contributed by atoms with Gasteiger partial charge in [0.05, 0.1) is 24.1 Å². The first-order valence-electron chi connectivity index (χ1n) is 8.77. The third kappa shape index (κ3) is 3.14. The fourth-order valence-corrected chi connectivity index (χ4v) is 3.66. The zero-order valence-corrected chi connectivity index (χ0v) is 14.3. The number of nitrogens with one attached hydrogen (secondary N) is 2. The fourth-order valence-electron chi connectivity index (χ4n) is 3.66. The number of fused-ring (bicyclic) bond motifs is 1. The van der Waals surface area contributed by atoms with Crippen LogP contribution in [0.1, 0.15) is 25.0 Å². The Bertz CT molecular complexity index is 925. The predicted molar refractivity (Wildman–Crippen MR) is 93.7 cm³/mol. The number of piperidine rings is 1. The number of aromatic amines is 1. The van der Waals surface area contributed by atoms with Crippen LogP contribution in [0.5, 0.6) is 0 Å². The number of alkyl carbamates (subject to hydrolysis) is 1. The molecule has 0 aliphatic carbocycles. The lowest BCUT2D eigenvalue weighted by atomic mass is 9.93. The highest BCUT2D eigenvalue weighted by Crippen LogP contribution is 2.28. The average molecular weight is 356 g/mol. The molecule has 1 atom stereocenters. The highest BCUT2D eigenvalue weighted by molar-refractivity contribution is 5.77. The van der Waals surface area contributed by atoms with Gasteiger partial charge in [-0.3, -0.25) is 9.59 Å². The molecular formula is C18H20N4O4. The maximum atomic E-state index is 12.6. The van der Waals surface area contributed by atoms with Crippen molar-refractivity contribution < 1.29 is 14.3 Å². The summed E-state index contributed by atoms with van der Waals surface area (Å²) in [5, 5.41) is 2.67. The second-order valence-corrected chi connectivity index (χ2v) is 6.87. The van der Waals surface area contributed by atoms with Gasteiger partial charge in [0.2, 0.25) is 5.91 Å². The number of benzene rings is 1. The van der Waals surface area contributed by atoms with Crippen LogP contribution in [0.4, 0.5) is 4.79 Å². The van der Waals surface area contributed by atoms with Gasteiger partial charge in [-0.2, -0.15) is 0 Å². The first-order chi connectivity index (χ1) is 12.5. The summed E-state index contributed by atoms with van der Waals surface area (Å²) in [4.78, 5) is 45.0. The molecule has 8 nitrogen and oxygen atoms in total. The van der Waals surface area contributed by atoms with Gasteiger partial charge in [-0.15, -0.1) is 0 Å². The van der Waals surface area contributed by atoms with Crippen molar-refractivity contribution >= 4 is 23.0 Å². The number of nitrogens with zero attached hydrogens (tertiary/aromatic N) is 2. The van der Waals surface area contributed by atoms with Crippen molar-refractivity contribution in [2.24, 2.45) is 0 Å². The van der Waals surface area contributed by atoms with Crippen LogP contribution >= 0.6 is 0 Å². The van der Waals surface area contributed by atoms with Gasteiger partial charge in [0, 0.05) is 19.4 Å². The Morgan fingerprint density at radius 3 is 2.96 bits per heavy atom. The van der Waals surface area contributed by atoms with E-state index in [1.54, 1.807) is 11.0 Å². The molecule has 0 saturated carbocycles. The van der Waals surface area contributed by atoms with E-state index in [0.717, 1.165) is 12.8 Å². The second-order valence-electron chi connectivity index (χ2n) is 6.87. The van der Waals surface area contributed by atoms with Gasteiger partial charge in [0.1, 0.15) is 11.3 Å². The van der Waals surface area contributed by atoms with E-state index in [1.807, 2.05) is 18.2 Å². The van der Waals surface area contributed by atoms with Crippen LogP contribution in [0, 0.1) is 0 Å². The summed E-state index contributed by atoms with van der Waals surface area (Å²) in [5.41, 5.74) is 0.874. The molecule has 2 saturated heterocycles. The molecule has 0 bridgehead atoms. The van der Waals surface area contributed by atoms with Crippen LogP contribution in [0.25, 0.3) is 11.0 Å². The zero-order chi connectivity index (χ0) is 18.1. The Labute approximate surface area is 149 Å². The average Bonchev–Trinajstić information content (AvgIpc) is 2.99. The number of carbonyl (C=O) groups excluding carboxylic acids is 2. The lowest BCUT2D eigenvalue weighted by Gasteiger charge is -2.38. The summed E-state index contributed by atoms with van der Waals surface area (Å²) in [6, 6.07) is 7.31. The Morgan fingerprint density at radius 1 is 1.31 bits per heavy atom. The van der Waals surface area contributed by atoms with E-state index in [0.29, 0.717) is 36.4 Å². The van der Waals surface area contributed by atoms with Crippen LogP contribution in [0.15, 0.2) is 29.1 Å². The molecule has 4 rings (SSSR count). The highest BCUT2D eigenvalue weighted by Gasteiger charge is 2.44. The van der Waals surface area contributed by atoms with Crippen molar-refractivity contribution in [1.29, 1.82) is 0 Å². The van der Waals surface area contributed by atoms with Crippen molar-refractivity contribution in [3.8, 4) is 0 Å². The van der Waals surface area contributed by atoms with Gasteiger partial charge in [0.15, 0.2) is 0 Å². The summed E-state index contributed by atoms with van der Waals surface area (Å²) in [6.07, 6.45) is 1.59. The quantitative estimate of drug-likeness (QED) is 0.852. The topological polar surface area (TPSA) is 104 Å². The van der Waals surface area contributed by atoms with Crippen molar-refractivity contribution in [2.75, 3.05) is 19.6 Å². The zero-order valence-electron chi connectivity index (χ0n) is 14.3. The highest BCUT2D eigenvalue weighted by atomic mass is 16.6. The van der Waals surface area contributed by atoms with E-state index in [1.165, 1.54) is 0 Å². The van der Waals surface area contributed by atoms with Crippen molar-refractivity contribution in [1.82, 2.24) is 20.2 Å². The molecule has 1 aromatic carbocycles. The number of para-hydroxylation sites is 2. The SMILES string of the molecule is O=C1NCC2(CCCN(C(=O)CCc3nc4ccccc4[nH]c3=O)C2)O1. The molecule has 1 unspecified atom stereocenters. The lowest BCUT2D eigenvalue weighted by molar-refractivity contribution is -0.136. The molecule has 26 heavy (non-hydrogen) atoms. The van der Waals surface area contributed by atoms with E-state index >= 15 is 0 Å². The summed E-state index contributed by atoms with van der Waals surface area (Å²) in [6.45, 7) is 1.47. The number of amides is 2. The van der Waals surface area contributed by atoms with Gasteiger partial charge >= 0.3 is 6.09 Å². The van der Waals surface area contributed by atoms with Crippen LogP contribution < -0.4 is 10.9 Å². The molecule has 2 aliphatic rings. The number of hydrogen-bond donors (Lipinski definition) is 2. The summed E-state index contributed by atoms with van der Waals surface area (Å²) in [5.74, 6) is -0.0543. The third-order valence-electron chi connectivity index (χ3n) is 5.00. The van der Waals surface area contributed by atoms with Gasteiger partial charge in [-0.05, 0) is 25.0 Å². The monoisotopic (exact) mass is 356 g/mol. The summed E-state index contributed by atoms with van der Waals surface area (Å²) in [7, 11) is 0. The molecule has 2 fully saturated rings. The smallest absolute Gasteiger partial charge is 0.407 e.